The molecule has 0 aliphatic carbocycles. The predicted molar refractivity (Wildman–Crippen MR) is 103 cm³/mol. The first-order valence-corrected chi connectivity index (χ1v) is 9.44. The van der Waals surface area contributed by atoms with Crippen molar-refractivity contribution in [2.24, 2.45) is 0 Å². The Morgan fingerprint density at radius 2 is 1.77 bits per heavy atom. The molecule has 1 saturated heterocycles. The molecule has 1 fully saturated rings. The minimum absolute atomic E-state index is 0.579. The van der Waals surface area contributed by atoms with Crippen molar-refractivity contribution < 1.29 is 14.2 Å². The lowest BCUT2D eigenvalue weighted by Gasteiger charge is -2.27. The molecular formula is C22H27N2O2+. The van der Waals surface area contributed by atoms with Crippen molar-refractivity contribution in [2.75, 3.05) is 27.3 Å². The number of hydrazone groups is 1. The van der Waals surface area contributed by atoms with E-state index >= 15 is 0 Å². The topological polar surface area (TPSA) is 24.7 Å². The molecule has 4 heteroatoms. The van der Waals surface area contributed by atoms with E-state index in [2.05, 4.69) is 59.1 Å². The molecule has 0 radical (unpaired) electrons. The van der Waals surface area contributed by atoms with Crippen molar-refractivity contribution in [2.45, 2.75) is 32.2 Å². The lowest BCUT2D eigenvalue weighted by Crippen LogP contribution is -2.45. The first-order valence-electron chi connectivity index (χ1n) is 9.44. The van der Waals surface area contributed by atoms with Crippen LogP contribution in [0.3, 0.4) is 0 Å². The van der Waals surface area contributed by atoms with Crippen LogP contribution in [0.2, 0.25) is 0 Å². The van der Waals surface area contributed by atoms with E-state index in [9.17, 15) is 0 Å². The van der Waals surface area contributed by atoms with Crippen LogP contribution in [-0.4, -0.2) is 48.8 Å². The van der Waals surface area contributed by atoms with Crippen LogP contribution in [0.5, 0.6) is 11.5 Å². The smallest absolute Gasteiger partial charge is 0.244 e. The van der Waals surface area contributed by atoms with E-state index < -0.39 is 0 Å². The molecule has 2 heterocycles. The van der Waals surface area contributed by atoms with Gasteiger partial charge in [-0.1, -0.05) is 18.2 Å². The Labute approximate surface area is 155 Å². The zero-order chi connectivity index (χ0) is 18.1. The van der Waals surface area contributed by atoms with Crippen molar-refractivity contribution >= 4 is 5.71 Å². The summed E-state index contributed by atoms with van der Waals surface area (Å²) >= 11 is 0. The van der Waals surface area contributed by atoms with E-state index in [0.29, 0.717) is 6.04 Å². The number of methoxy groups -OCH3 is 2. The summed E-state index contributed by atoms with van der Waals surface area (Å²) in [6.07, 6.45) is 3.53. The van der Waals surface area contributed by atoms with Gasteiger partial charge < -0.3 is 9.47 Å². The second-order valence-electron chi connectivity index (χ2n) is 7.11. The normalized spacial score (nSPS) is 19.5. The quantitative estimate of drug-likeness (QED) is 0.788. The minimum atomic E-state index is 0.579. The van der Waals surface area contributed by atoms with Gasteiger partial charge in [-0.05, 0) is 49.6 Å². The van der Waals surface area contributed by atoms with Crippen LogP contribution in [0, 0.1) is 0 Å². The number of hydrazine groups is 1. The maximum Gasteiger partial charge on any atom is 0.244 e. The van der Waals surface area contributed by atoms with Crippen molar-refractivity contribution in [3.63, 3.8) is 0 Å². The third-order valence-corrected chi connectivity index (χ3v) is 5.59. The molecule has 0 amide bonds. The fourth-order valence-corrected chi connectivity index (χ4v) is 4.26. The second kappa shape index (κ2) is 7.02. The van der Waals surface area contributed by atoms with E-state index in [4.69, 9.17) is 9.47 Å². The molecule has 4 rings (SSSR count). The van der Waals surface area contributed by atoms with E-state index in [1.165, 1.54) is 35.2 Å². The molecule has 0 aromatic heterocycles. The average molecular weight is 351 g/mol. The highest BCUT2D eigenvalue weighted by molar-refractivity contribution is 6.11. The molecule has 26 heavy (non-hydrogen) atoms. The summed E-state index contributed by atoms with van der Waals surface area (Å²) in [5, 5.41) is 2.54. The summed E-state index contributed by atoms with van der Waals surface area (Å²) in [6, 6.07) is 15.6. The van der Waals surface area contributed by atoms with E-state index in [1.54, 1.807) is 14.2 Å². The molecule has 0 bridgehead atoms. The van der Waals surface area contributed by atoms with Crippen LogP contribution in [0.25, 0.3) is 0 Å². The largest absolute Gasteiger partial charge is 0.493 e. The molecule has 4 nitrogen and oxygen atoms in total. The highest BCUT2D eigenvalue weighted by atomic mass is 16.5. The van der Waals surface area contributed by atoms with E-state index in [0.717, 1.165) is 31.0 Å². The molecule has 2 aliphatic rings. The fraction of sp³-hybridized carbons (Fsp3) is 0.409. The van der Waals surface area contributed by atoms with Crippen molar-refractivity contribution in [3.8, 4) is 11.5 Å². The maximum absolute atomic E-state index is 5.60. The van der Waals surface area contributed by atoms with Crippen molar-refractivity contribution in [1.82, 2.24) is 5.01 Å². The van der Waals surface area contributed by atoms with Crippen molar-refractivity contribution in [1.29, 1.82) is 0 Å². The Hall–Kier alpha value is -2.49. The summed E-state index contributed by atoms with van der Waals surface area (Å²) < 4.78 is 13.6. The first kappa shape index (κ1) is 17.0. The molecule has 0 unspecified atom stereocenters. The number of benzene rings is 2. The molecule has 2 aliphatic heterocycles. The van der Waals surface area contributed by atoms with Crippen molar-refractivity contribution in [3.05, 3.63) is 59.2 Å². The van der Waals surface area contributed by atoms with Crippen LogP contribution in [0.4, 0.5) is 0 Å². The molecule has 1 atom stereocenters. The Balaban J connectivity index is 1.93. The predicted octanol–water partition coefficient (Wildman–Crippen LogP) is 3.51. The lowest BCUT2D eigenvalue weighted by molar-refractivity contribution is -0.693. The SMILES string of the molecule is COc1cc2c(cc1OC)C(c1ccccc1)=[N+](N1CCC[C@H]1C)CC2. The number of hydrogen-bond donors (Lipinski definition) is 0. The molecular weight excluding hydrogens is 324 g/mol. The number of nitrogens with zero attached hydrogens (tertiary/aromatic N) is 2. The summed E-state index contributed by atoms with van der Waals surface area (Å²) in [5.41, 5.74) is 5.10. The molecule has 0 N–H and O–H groups in total. The number of fused-ring (bicyclic) bond motifs is 1. The van der Waals surface area contributed by atoms with Crippen LogP contribution >= 0.6 is 0 Å². The van der Waals surface area contributed by atoms with E-state index in [1.807, 2.05) is 0 Å². The van der Waals surface area contributed by atoms with Crippen LogP contribution in [0.15, 0.2) is 42.5 Å². The van der Waals surface area contributed by atoms with Gasteiger partial charge in [0.25, 0.3) is 0 Å². The molecule has 136 valence electrons. The second-order valence-corrected chi connectivity index (χ2v) is 7.11. The zero-order valence-electron chi connectivity index (χ0n) is 15.9. The first-order chi connectivity index (χ1) is 12.7. The van der Waals surface area contributed by atoms with Crippen LogP contribution in [0.1, 0.15) is 36.5 Å². The van der Waals surface area contributed by atoms with Gasteiger partial charge in [-0.2, -0.15) is 5.01 Å². The maximum atomic E-state index is 5.60. The summed E-state index contributed by atoms with van der Waals surface area (Å²) in [6.45, 7) is 4.46. The Morgan fingerprint density at radius 1 is 1.04 bits per heavy atom. The van der Waals surface area contributed by atoms with Gasteiger partial charge >= 0.3 is 0 Å². The number of ether oxygens (including phenoxy) is 2. The Morgan fingerprint density at radius 3 is 2.42 bits per heavy atom. The summed E-state index contributed by atoms with van der Waals surface area (Å²) in [7, 11) is 3.41. The third-order valence-electron chi connectivity index (χ3n) is 5.59. The van der Waals surface area contributed by atoms with E-state index in [-0.39, 0.29) is 0 Å². The molecule has 2 aromatic carbocycles. The third kappa shape index (κ3) is 2.83. The Kier molecular flexibility index (Phi) is 4.58. The van der Waals surface area contributed by atoms with Gasteiger partial charge in [0.15, 0.2) is 18.0 Å². The number of hydrogen-bond acceptors (Lipinski definition) is 3. The van der Waals surface area contributed by atoms with Gasteiger partial charge in [0.1, 0.15) is 0 Å². The van der Waals surface area contributed by atoms with Gasteiger partial charge in [-0.3, -0.25) is 0 Å². The molecule has 2 aromatic rings. The van der Waals surface area contributed by atoms with Gasteiger partial charge in [0, 0.05) is 12.0 Å². The van der Waals surface area contributed by atoms with Gasteiger partial charge in [-0.15, -0.1) is 4.68 Å². The fourth-order valence-electron chi connectivity index (χ4n) is 4.26. The highest BCUT2D eigenvalue weighted by Gasteiger charge is 2.36. The van der Waals surface area contributed by atoms with Crippen LogP contribution in [-0.2, 0) is 6.42 Å². The number of rotatable bonds is 4. The summed E-state index contributed by atoms with van der Waals surface area (Å²) in [4.78, 5) is 0. The van der Waals surface area contributed by atoms with Gasteiger partial charge in [-0.25, -0.2) is 0 Å². The van der Waals surface area contributed by atoms with Gasteiger partial charge in [0.05, 0.1) is 32.4 Å². The monoisotopic (exact) mass is 351 g/mol. The van der Waals surface area contributed by atoms with Crippen LogP contribution < -0.4 is 9.47 Å². The molecule has 0 saturated carbocycles. The molecule has 0 spiro atoms. The highest BCUT2D eigenvalue weighted by Crippen LogP contribution is 2.34. The lowest BCUT2D eigenvalue weighted by atomic mass is 9.92. The van der Waals surface area contributed by atoms with Gasteiger partial charge in [0.2, 0.25) is 5.71 Å². The average Bonchev–Trinajstić information content (AvgIpc) is 3.12. The standard InChI is InChI=1S/C22H27N2O2/c1-16-8-7-12-23(16)24-13-11-18-14-20(25-2)21(26-3)15-19(18)22(24)17-9-5-4-6-10-17/h4-6,9-10,14-16H,7-8,11-13H2,1-3H3/q+1/t16-/m1/s1. The zero-order valence-corrected chi connectivity index (χ0v) is 15.9. The minimum Gasteiger partial charge on any atom is -0.493 e. The Bertz CT molecular complexity index is 830. The summed E-state index contributed by atoms with van der Waals surface area (Å²) in [5.74, 6) is 1.60.